The maximum absolute atomic E-state index is 4.78. The summed E-state index contributed by atoms with van der Waals surface area (Å²) >= 11 is 0. The van der Waals surface area contributed by atoms with E-state index in [1.54, 1.807) is 0 Å². The van der Waals surface area contributed by atoms with Gasteiger partial charge in [-0.3, -0.25) is 4.68 Å². The van der Waals surface area contributed by atoms with Crippen LogP contribution in [0.5, 0.6) is 0 Å². The monoisotopic (exact) mass is 297 g/mol. The molecule has 2 aromatic rings. The number of aromatic nitrogens is 2. The summed E-state index contributed by atoms with van der Waals surface area (Å²) in [6.07, 6.45) is 5.74. The molecule has 0 radical (unpaired) electrons. The normalized spacial score (nSPS) is 15.9. The van der Waals surface area contributed by atoms with Crippen molar-refractivity contribution in [2.45, 2.75) is 25.8 Å². The highest BCUT2D eigenvalue weighted by Crippen LogP contribution is 2.13. The van der Waals surface area contributed by atoms with Crippen molar-refractivity contribution in [1.29, 1.82) is 0 Å². The number of aryl methyl sites for hydroxylation is 1. The van der Waals surface area contributed by atoms with E-state index in [-0.39, 0.29) is 0 Å². The summed E-state index contributed by atoms with van der Waals surface area (Å²) in [4.78, 5) is 7.13. The van der Waals surface area contributed by atoms with Crippen molar-refractivity contribution in [3.8, 4) is 0 Å². The van der Waals surface area contributed by atoms with E-state index in [2.05, 4.69) is 27.4 Å². The van der Waals surface area contributed by atoms with Crippen molar-refractivity contribution < 1.29 is 0 Å². The number of aliphatic imine (C=N–C) groups is 1. The molecule has 3 rings (SSSR count). The molecule has 5 nitrogen and oxygen atoms in total. The number of hydrogen-bond donors (Lipinski definition) is 1. The van der Waals surface area contributed by atoms with Gasteiger partial charge in [-0.15, -0.1) is 0 Å². The Labute approximate surface area is 131 Å². The zero-order chi connectivity index (χ0) is 15.2. The van der Waals surface area contributed by atoms with Crippen molar-refractivity contribution in [2.24, 2.45) is 12.0 Å². The van der Waals surface area contributed by atoms with Gasteiger partial charge in [-0.1, -0.05) is 18.2 Å². The second-order valence-electron chi connectivity index (χ2n) is 5.66. The van der Waals surface area contributed by atoms with Gasteiger partial charge in [0, 0.05) is 32.0 Å². The molecule has 1 N–H and O–H groups in total. The van der Waals surface area contributed by atoms with E-state index in [1.807, 2.05) is 42.2 Å². The SMILES string of the molecule is Cn1ccc(CN=C(Nc2ccccc2)N2CCCCC2)n1. The molecule has 0 bridgehead atoms. The topological polar surface area (TPSA) is 45.5 Å². The molecule has 1 aromatic carbocycles. The molecule has 1 aliphatic rings. The number of nitrogens with zero attached hydrogens (tertiary/aromatic N) is 4. The average molecular weight is 297 g/mol. The zero-order valence-electron chi connectivity index (χ0n) is 13.1. The fourth-order valence-corrected chi connectivity index (χ4v) is 2.68. The third-order valence-electron chi connectivity index (χ3n) is 3.85. The predicted octanol–water partition coefficient (Wildman–Crippen LogP) is 2.87. The zero-order valence-corrected chi connectivity index (χ0v) is 13.1. The van der Waals surface area contributed by atoms with Crippen LogP contribution in [0, 0.1) is 0 Å². The van der Waals surface area contributed by atoms with Crippen LogP contribution in [-0.2, 0) is 13.6 Å². The van der Waals surface area contributed by atoms with Gasteiger partial charge in [-0.05, 0) is 37.5 Å². The Hall–Kier alpha value is -2.30. The third-order valence-corrected chi connectivity index (χ3v) is 3.85. The van der Waals surface area contributed by atoms with Crippen LogP contribution in [0.2, 0.25) is 0 Å². The number of nitrogens with one attached hydrogen (secondary N) is 1. The van der Waals surface area contributed by atoms with Gasteiger partial charge >= 0.3 is 0 Å². The van der Waals surface area contributed by atoms with Crippen LogP contribution in [-0.4, -0.2) is 33.7 Å². The maximum Gasteiger partial charge on any atom is 0.198 e. The molecule has 0 atom stereocenters. The standard InChI is InChI=1S/C17H23N5/c1-21-13-10-16(20-21)14-18-17(22-11-6-3-7-12-22)19-15-8-4-2-5-9-15/h2,4-5,8-10,13H,3,6-7,11-12,14H2,1H3,(H,18,19). The molecular weight excluding hydrogens is 274 g/mol. The fraction of sp³-hybridized carbons (Fsp3) is 0.412. The summed E-state index contributed by atoms with van der Waals surface area (Å²) in [6, 6.07) is 12.3. The van der Waals surface area contributed by atoms with Gasteiger partial charge in [-0.2, -0.15) is 5.10 Å². The lowest BCUT2D eigenvalue weighted by molar-refractivity contribution is 0.340. The molecule has 2 heterocycles. The van der Waals surface area contributed by atoms with Gasteiger partial charge in [0.2, 0.25) is 0 Å². The number of para-hydroxylation sites is 1. The summed E-state index contributed by atoms with van der Waals surface area (Å²) in [7, 11) is 1.93. The molecule has 0 amide bonds. The van der Waals surface area contributed by atoms with Crippen LogP contribution in [0.15, 0.2) is 47.6 Å². The lowest BCUT2D eigenvalue weighted by Gasteiger charge is -2.30. The molecule has 0 saturated carbocycles. The first kappa shape index (κ1) is 14.6. The van der Waals surface area contributed by atoms with Gasteiger partial charge in [0.05, 0.1) is 12.2 Å². The Bertz CT molecular complexity index is 611. The fourth-order valence-electron chi connectivity index (χ4n) is 2.68. The van der Waals surface area contributed by atoms with E-state index in [0.29, 0.717) is 6.54 Å². The maximum atomic E-state index is 4.78. The lowest BCUT2D eigenvalue weighted by Crippen LogP contribution is -2.40. The number of rotatable bonds is 3. The Kier molecular flexibility index (Phi) is 4.73. The van der Waals surface area contributed by atoms with E-state index in [0.717, 1.165) is 30.4 Å². The number of benzene rings is 1. The van der Waals surface area contributed by atoms with Crippen molar-refractivity contribution in [2.75, 3.05) is 18.4 Å². The summed E-state index contributed by atoms with van der Waals surface area (Å²) in [5, 5.41) is 7.87. The first-order valence-corrected chi connectivity index (χ1v) is 7.91. The van der Waals surface area contributed by atoms with Crippen molar-refractivity contribution in [1.82, 2.24) is 14.7 Å². The lowest BCUT2D eigenvalue weighted by atomic mass is 10.1. The van der Waals surface area contributed by atoms with Crippen LogP contribution in [0.4, 0.5) is 5.69 Å². The predicted molar refractivity (Wildman–Crippen MR) is 89.8 cm³/mol. The van der Waals surface area contributed by atoms with Crippen LogP contribution in [0.25, 0.3) is 0 Å². The average Bonchev–Trinajstić information content (AvgIpc) is 2.99. The van der Waals surface area contributed by atoms with E-state index in [9.17, 15) is 0 Å². The summed E-state index contributed by atoms with van der Waals surface area (Å²) in [6.45, 7) is 2.74. The summed E-state index contributed by atoms with van der Waals surface area (Å²) in [5.74, 6) is 0.955. The number of hydrogen-bond acceptors (Lipinski definition) is 2. The highest BCUT2D eigenvalue weighted by atomic mass is 15.3. The minimum absolute atomic E-state index is 0.604. The van der Waals surface area contributed by atoms with Crippen molar-refractivity contribution >= 4 is 11.6 Å². The summed E-state index contributed by atoms with van der Waals surface area (Å²) < 4.78 is 1.82. The van der Waals surface area contributed by atoms with Gasteiger partial charge in [-0.25, -0.2) is 4.99 Å². The van der Waals surface area contributed by atoms with E-state index < -0.39 is 0 Å². The van der Waals surface area contributed by atoms with Crippen LogP contribution in [0.3, 0.4) is 0 Å². The first-order chi connectivity index (χ1) is 10.8. The Balaban J connectivity index is 1.75. The molecule has 1 aromatic heterocycles. The van der Waals surface area contributed by atoms with E-state index in [1.165, 1.54) is 19.3 Å². The van der Waals surface area contributed by atoms with E-state index >= 15 is 0 Å². The number of piperidine rings is 1. The molecular formula is C17H23N5. The first-order valence-electron chi connectivity index (χ1n) is 7.91. The molecule has 0 unspecified atom stereocenters. The third kappa shape index (κ3) is 3.87. The quantitative estimate of drug-likeness (QED) is 0.700. The minimum Gasteiger partial charge on any atom is -0.343 e. The van der Waals surface area contributed by atoms with E-state index in [4.69, 9.17) is 4.99 Å². The van der Waals surface area contributed by atoms with Gasteiger partial charge in [0.1, 0.15) is 0 Å². The number of likely N-dealkylation sites (tertiary alicyclic amines) is 1. The number of guanidine groups is 1. The summed E-state index contributed by atoms with van der Waals surface area (Å²) in [5.41, 5.74) is 2.07. The van der Waals surface area contributed by atoms with Gasteiger partial charge in [0.15, 0.2) is 5.96 Å². The molecule has 22 heavy (non-hydrogen) atoms. The molecule has 116 valence electrons. The Morgan fingerprint density at radius 2 is 1.91 bits per heavy atom. The minimum atomic E-state index is 0.604. The van der Waals surface area contributed by atoms with Gasteiger partial charge in [0.25, 0.3) is 0 Å². The Morgan fingerprint density at radius 1 is 1.14 bits per heavy atom. The highest BCUT2D eigenvalue weighted by Gasteiger charge is 2.15. The molecule has 0 aliphatic carbocycles. The van der Waals surface area contributed by atoms with Crippen molar-refractivity contribution in [3.05, 3.63) is 48.3 Å². The molecule has 1 fully saturated rings. The van der Waals surface area contributed by atoms with Crippen LogP contribution < -0.4 is 5.32 Å². The Morgan fingerprint density at radius 3 is 2.59 bits per heavy atom. The van der Waals surface area contributed by atoms with Crippen LogP contribution >= 0.6 is 0 Å². The smallest absolute Gasteiger partial charge is 0.198 e. The highest BCUT2D eigenvalue weighted by molar-refractivity contribution is 5.93. The van der Waals surface area contributed by atoms with Crippen LogP contribution in [0.1, 0.15) is 25.0 Å². The molecule has 5 heteroatoms. The largest absolute Gasteiger partial charge is 0.343 e. The number of anilines is 1. The molecule has 1 saturated heterocycles. The molecule has 0 spiro atoms. The second kappa shape index (κ2) is 7.11. The van der Waals surface area contributed by atoms with Gasteiger partial charge < -0.3 is 10.2 Å². The second-order valence-corrected chi connectivity index (χ2v) is 5.66. The van der Waals surface area contributed by atoms with Crippen molar-refractivity contribution in [3.63, 3.8) is 0 Å². The molecule has 1 aliphatic heterocycles.